The molecule has 0 spiro atoms. The Labute approximate surface area is 120 Å². The molecule has 3 N–H and O–H groups in total. The second-order valence-electron chi connectivity index (χ2n) is 5.28. The molecule has 106 valence electrons. The van der Waals surface area contributed by atoms with Crippen LogP contribution >= 0.6 is 11.6 Å². The number of aliphatic hydroxyl groups excluding tert-OH is 1. The molecule has 2 rings (SSSR count). The van der Waals surface area contributed by atoms with Crippen molar-refractivity contribution < 1.29 is 5.11 Å². The Morgan fingerprint density at radius 3 is 2.89 bits per heavy atom. The van der Waals surface area contributed by atoms with Crippen molar-refractivity contribution in [2.75, 3.05) is 19.7 Å². The topological polar surface area (TPSA) is 49.5 Å². The van der Waals surface area contributed by atoms with Gasteiger partial charge in [-0.1, -0.05) is 36.2 Å². The molecule has 0 saturated carbocycles. The summed E-state index contributed by atoms with van der Waals surface area (Å²) in [6.07, 6.45) is 4.41. The fourth-order valence-corrected chi connectivity index (χ4v) is 3.07. The van der Waals surface area contributed by atoms with Gasteiger partial charge in [0.2, 0.25) is 0 Å². The normalized spacial score (nSPS) is 22.4. The van der Waals surface area contributed by atoms with Crippen molar-refractivity contribution in [3.63, 3.8) is 0 Å². The zero-order valence-corrected chi connectivity index (χ0v) is 12.0. The molecule has 1 aromatic rings. The lowest BCUT2D eigenvalue weighted by Crippen LogP contribution is -2.42. The van der Waals surface area contributed by atoms with Crippen LogP contribution in [0.1, 0.15) is 37.3 Å². The summed E-state index contributed by atoms with van der Waals surface area (Å²) in [6, 6.07) is 8.05. The van der Waals surface area contributed by atoms with Gasteiger partial charge in [-0.15, -0.1) is 0 Å². The molecular weight excluding hydrogens is 260 g/mol. The summed E-state index contributed by atoms with van der Waals surface area (Å²) in [5.41, 5.74) is 7.24. The lowest BCUT2D eigenvalue weighted by molar-refractivity contribution is 0.0876. The number of likely N-dealkylation sites (tertiary alicyclic amines) is 1. The van der Waals surface area contributed by atoms with Crippen molar-refractivity contribution >= 4 is 11.6 Å². The second-order valence-corrected chi connectivity index (χ2v) is 5.69. The maximum absolute atomic E-state index is 9.39. The Hall–Kier alpha value is -0.610. The fraction of sp³-hybridized carbons (Fsp3) is 0.600. The minimum atomic E-state index is -0.0324. The van der Waals surface area contributed by atoms with Gasteiger partial charge in [0.05, 0.1) is 6.61 Å². The smallest absolute Gasteiger partial charge is 0.0586 e. The Kier molecular flexibility index (Phi) is 5.64. The number of rotatable bonds is 5. The summed E-state index contributed by atoms with van der Waals surface area (Å²) in [4.78, 5) is 2.36. The van der Waals surface area contributed by atoms with E-state index in [-0.39, 0.29) is 12.6 Å². The number of hydrogen-bond acceptors (Lipinski definition) is 3. The largest absolute Gasteiger partial charge is 0.395 e. The molecule has 0 amide bonds. The highest BCUT2D eigenvalue weighted by molar-refractivity contribution is 6.31. The van der Waals surface area contributed by atoms with E-state index in [1.54, 1.807) is 0 Å². The first-order valence-corrected chi connectivity index (χ1v) is 7.45. The molecule has 0 aromatic heterocycles. The van der Waals surface area contributed by atoms with Crippen molar-refractivity contribution in [2.45, 2.75) is 37.8 Å². The van der Waals surface area contributed by atoms with E-state index in [4.69, 9.17) is 17.3 Å². The van der Waals surface area contributed by atoms with Gasteiger partial charge in [-0.3, -0.25) is 4.90 Å². The van der Waals surface area contributed by atoms with Crippen LogP contribution in [-0.2, 0) is 0 Å². The average Bonchev–Trinajstić information content (AvgIpc) is 2.45. The fourth-order valence-electron chi connectivity index (χ4n) is 2.80. The van der Waals surface area contributed by atoms with Crippen molar-refractivity contribution in [3.8, 4) is 0 Å². The highest BCUT2D eigenvalue weighted by atomic mass is 35.5. The van der Waals surface area contributed by atoms with E-state index in [2.05, 4.69) is 4.90 Å². The van der Waals surface area contributed by atoms with Crippen LogP contribution in [0.3, 0.4) is 0 Å². The first-order valence-electron chi connectivity index (χ1n) is 7.07. The molecule has 1 aliphatic heterocycles. The lowest BCUT2D eigenvalue weighted by Gasteiger charge is -2.35. The van der Waals surface area contributed by atoms with E-state index < -0.39 is 0 Å². The molecule has 2 atom stereocenters. The van der Waals surface area contributed by atoms with Crippen molar-refractivity contribution in [1.82, 2.24) is 4.90 Å². The van der Waals surface area contributed by atoms with Crippen LogP contribution in [0.2, 0.25) is 5.02 Å². The minimum absolute atomic E-state index is 0.0324. The van der Waals surface area contributed by atoms with Gasteiger partial charge in [0.25, 0.3) is 0 Å². The SMILES string of the molecule is NC(CCN1CCCCC1CO)c1ccccc1Cl. The van der Waals surface area contributed by atoms with Crippen LogP contribution in [0.25, 0.3) is 0 Å². The van der Waals surface area contributed by atoms with E-state index in [9.17, 15) is 5.11 Å². The molecule has 1 aliphatic rings. The summed E-state index contributed by atoms with van der Waals surface area (Å²) >= 11 is 6.16. The Balaban J connectivity index is 1.89. The Bertz CT molecular complexity index is 399. The molecule has 3 nitrogen and oxygen atoms in total. The maximum atomic E-state index is 9.39. The van der Waals surface area contributed by atoms with Crippen LogP contribution in [0.4, 0.5) is 0 Å². The number of halogens is 1. The molecule has 1 aromatic carbocycles. The predicted octanol–water partition coefficient (Wildman–Crippen LogP) is 2.58. The van der Waals surface area contributed by atoms with Crippen molar-refractivity contribution in [2.24, 2.45) is 5.73 Å². The second kappa shape index (κ2) is 7.25. The van der Waals surface area contributed by atoms with Gasteiger partial charge < -0.3 is 10.8 Å². The van der Waals surface area contributed by atoms with Gasteiger partial charge in [-0.25, -0.2) is 0 Å². The highest BCUT2D eigenvalue weighted by Gasteiger charge is 2.22. The number of aliphatic hydroxyl groups is 1. The van der Waals surface area contributed by atoms with Gasteiger partial charge in [0.1, 0.15) is 0 Å². The molecule has 0 radical (unpaired) electrons. The monoisotopic (exact) mass is 282 g/mol. The van der Waals surface area contributed by atoms with Crippen LogP contribution < -0.4 is 5.73 Å². The first kappa shape index (κ1) is 14.8. The van der Waals surface area contributed by atoms with E-state index in [0.29, 0.717) is 6.04 Å². The molecule has 19 heavy (non-hydrogen) atoms. The molecule has 4 heteroatoms. The number of nitrogens with two attached hydrogens (primary N) is 1. The van der Waals surface area contributed by atoms with Crippen LogP contribution in [0.5, 0.6) is 0 Å². The molecular formula is C15H23ClN2O. The zero-order valence-electron chi connectivity index (χ0n) is 11.3. The van der Waals surface area contributed by atoms with Crippen LogP contribution in [-0.4, -0.2) is 35.7 Å². The van der Waals surface area contributed by atoms with E-state index in [1.165, 1.54) is 12.8 Å². The van der Waals surface area contributed by atoms with E-state index >= 15 is 0 Å². The molecule has 1 heterocycles. The Morgan fingerprint density at radius 2 is 2.16 bits per heavy atom. The summed E-state index contributed by atoms with van der Waals surface area (Å²) < 4.78 is 0. The molecule has 1 saturated heterocycles. The Morgan fingerprint density at radius 1 is 1.37 bits per heavy atom. The summed E-state index contributed by atoms with van der Waals surface area (Å²) in [5.74, 6) is 0. The zero-order chi connectivity index (χ0) is 13.7. The molecule has 1 fully saturated rings. The number of nitrogens with zero attached hydrogens (tertiary/aromatic N) is 1. The molecule has 0 aliphatic carbocycles. The average molecular weight is 283 g/mol. The quantitative estimate of drug-likeness (QED) is 0.873. The standard InChI is InChI=1S/C15H23ClN2O/c16-14-7-2-1-6-13(14)15(17)8-10-18-9-4-3-5-12(18)11-19/h1-2,6-7,12,15,19H,3-5,8-11,17H2. The van der Waals surface area contributed by atoms with E-state index in [1.807, 2.05) is 24.3 Å². The van der Waals surface area contributed by atoms with E-state index in [0.717, 1.165) is 36.5 Å². The highest BCUT2D eigenvalue weighted by Crippen LogP contribution is 2.24. The summed E-state index contributed by atoms with van der Waals surface area (Å²) in [7, 11) is 0. The summed E-state index contributed by atoms with van der Waals surface area (Å²) in [6.45, 7) is 2.25. The van der Waals surface area contributed by atoms with Gasteiger partial charge in [0.15, 0.2) is 0 Å². The van der Waals surface area contributed by atoms with Crippen LogP contribution in [0, 0.1) is 0 Å². The third-order valence-corrected chi connectivity index (χ3v) is 4.34. The van der Waals surface area contributed by atoms with Crippen molar-refractivity contribution in [1.29, 1.82) is 0 Å². The number of piperidine rings is 1. The van der Waals surface area contributed by atoms with Gasteiger partial charge in [-0.05, 0) is 37.4 Å². The number of benzene rings is 1. The lowest BCUT2D eigenvalue weighted by atomic mass is 10.00. The maximum Gasteiger partial charge on any atom is 0.0586 e. The number of hydrogen-bond donors (Lipinski definition) is 2. The van der Waals surface area contributed by atoms with Crippen LogP contribution in [0.15, 0.2) is 24.3 Å². The molecule has 2 unspecified atom stereocenters. The van der Waals surface area contributed by atoms with Gasteiger partial charge in [0, 0.05) is 23.7 Å². The third-order valence-electron chi connectivity index (χ3n) is 3.99. The summed E-state index contributed by atoms with van der Waals surface area (Å²) in [5, 5.41) is 10.1. The van der Waals surface area contributed by atoms with Crippen molar-refractivity contribution in [3.05, 3.63) is 34.9 Å². The predicted molar refractivity (Wildman–Crippen MR) is 79.3 cm³/mol. The van der Waals surface area contributed by atoms with Gasteiger partial charge in [-0.2, -0.15) is 0 Å². The molecule has 0 bridgehead atoms. The first-order chi connectivity index (χ1) is 9.22. The third kappa shape index (κ3) is 3.93. The van der Waals surface area contributed by atoms with Gasteiger partial charge >= 0.3 is 0 Å². The minimum Gasteiger partial charge on any atom is -0.395 e.